The standard InChI is InChI=1S/C4H8S2/c5-4-1-2-6-3-4/h4-5H,1-3H2. The summed E-state index contributed by atoms with van der Waals surface area (Å²) in [6.07, 6.45) is 1.31. The number of thioether (sulfide) groups is 1. The maximum Gasteiger partial charge on any atom is 0.0115 e. The van der Waals surface area contributed by atoms with Crippen molar-refractivity contribution in [3.63, 3.8) is 0 Å². The molecular formula is C4H8S2. The van der Waals surface area contributed by atoms with Crippen molar-refractivity contribution < 1.29 is 0 Å². The first-order valence-corrected chi connectivity index (χ1v) is 3.82. The van der Waals surface area contributed by atoms with Crippen LogP contribution in [0, 0.1) is 0 Å². The molecule has 0 nitrogen and oxygen atoms in total. The molecule has 1 saturated heterocycles. The molecule has 0 aromatic rings. The highest BCUT2D eigenvalue weighted by atomic mass is 32.2. The zero-order valence-corrected chi connectivity index (χ0v) is 5.27. The Morgan fingerprint density at radius 3 is 2.67 bits per heavy atom. The third-order valence-corrected chi connectivity index (χ3v) is 2.76. The van der Waals surface area contributed by atoms with Gasteiger partial charge in [-0.1, -0.05) is 0 Å². The highest BCUT2D eigenvalue weighted by Crippen LogP contribution is 2.20. The molecule has 0 N–H and O–H groups in total. The Morgan fingerprint density at radius 2 is 2.50 bits per heavy atom. The summed E-state index contributed by atoms with van der Waals surface area (Å²) in [6, 6.07) is 0. The van der Waals surface area contributed by atoms with Gasteiger partial charge in [0, 0.05) is 11.0 Å². The molecule has 36 valence electrons. The Morgan fingerprint density at radius 1 is 1.67 bits per heavy atom. The predicted octanol–water partition coefficient (Wildman–Crippen LogP) is 1.42. The van der Waals surface area contributed by atoms with E-state index in [1.807, 2.05) is 11.8 Å². The smallest absolute Gasteiger partial charge is 0.0115 e. The van der Waals surface area contributed by atoms with Crippen molar-refractivity contribution in [2.24, 2.45) is 0 Å². The Bertz CT molecular complexity index is 38.8. The summed E-state index contributed by atoms with van der Waals surface area (Å²) in [5.41, 5.74) is 0. The second-order valence-electron chi connectivity index (χ2n) is 1.52. The van der Waals surface area contributed by atoms with Gasteiger partial charge in [0.25, 0.3) is 0 Å². The van der Waals surface area contributed by atoms with E-state index in [1.165, 1.54) is 17.9 Å². The SMILES string of the molecule is SC1CCSC1. The van der Waals surface area contributed by atoms with E-state index in [1.54, 1.807) is 0 Å². The van der Waals surface area contributed by atoms with Crippen molar-refractivity contribution in [2.45, 2.75) is 11.7 Å². The van der Waals surface area contributed by atoms with Crippen LogP contribution in [-0.4, -0.2) is 16.8 Å². The quantitative estimate of drug-likeness (QED) is 0.472. The van der Waals surface area contributed by atoms with Gasteiger partial charge in [-0.25, -0.2) is 0 Å². The van der Waals surface area contributed by atoms with Gasteiger partial charge in [-0.3, -0.25) is 0 Å². The van der Waals surface area contributed by atoms with Crippen molar-refractivity contribution >= 4 is 24.4 Å². The lowest BCUT2D eigenvalue weighted by molar-refractivity contribution is 0.978. The van der Waals surface area contributed by atoms with Crippen molar-refractivity contribution in [3.05, 3.63) is 0 Å². The van der Waals surface area contributed by atoms with Gasteiger partial charge in [0.2, 0.25) is 0 Å². The fourth-order valence-corrected chi connectivity index (χ4v) is 2.20. The van der Waals surface area contributed by atoms with Gasteiger partial charge < -0.3 is 0 Å². The molecule has 0 aliphatic carbocycles. The molecule has 2 heteroatoms. The third kappa shape index (κ3) is 1.09. The highest BCUT2D eigenvalue weighted by molar-refractivity contribution is 8.00. The van der Waals surface area contributed by atoms with Gasteiger partial charge >= 0.3 is 0 Å². The van der Waals surface area contributed by atoms with E-state index < -0.39 is 0 Å². The van der Waals surface area contributed by atoms with Crippen LogP contribution in [0.2, 0.25) is 0 Å². The highest BCUT2D eigenvalue weighted by Gasteiger charge is 2.08. The summed E-state index contributed by atoms with van der Waals surface area (Å²) >= 11 is 6.28. The fraction of sp³-hybridized carbons (Fsp3) is 1.00. The number of hydrogen-bond acceptors (Lipinski definition) is 2. The largest absolute Gasteiger partial charge is 0.175 e. The Balaban J connectivity index is 2.18. The van der Waals surface area contributed by atoms with Gasteiger partial charge in [0.15, 0.2) is 0 Å². The first-order valence-electron chi connectivity index (χ1n) is 2.15. The van der Waals surface area contributed by atoms with Gasteiger partial charge in [-0.2, -0.15) is 24.4 Å². The lowest BCUT2D eigenvalue weighted by Crippen LogP contribution is -1.90. The van der Waals surface area contributed by atoms with Crippen molar-refractivity contribution in [3.8, 4) is 0 Å². The summed E-state index contributed by atoms with van der Waals surface area (Å²) in [5, 5.41) is 0.704. The van der Waals surface area contributed by atoms with E-state index in [2.05, 4.69) is 12.6 Å². The van der Waals surface area contributed by atoms with Crippen molar-refractivity contribution in [2.75, 3.05) is 11.5 Å². The van der Waals surface area contributed by atoms with Gasteiger partial charge in [0.1, 0.15) is 0 Å². The molecule has 1 fully saturated rings. The molecule has 0 amide bonds. The number of thiol groups is 1. The molecule has 0 radical (unpaired) electrons. The third-order valence-electron chi connectivity index (χ3n) is 0.906. The van der Waals surface area contributed by atoms with Crippen LogP contribution in [-0.2, 0) is 0 Å². The van der Waals surface area contributed by atoms with Crippen molar-refractivity contribution in [1.29, 1.82) is 0 Å². The Labute approximate surface area is 48.1 Å². The lowest BCUT2D eigenvalue weighted by atomic mass is 10.4. The van der Waals surface area contributed by atoms with E-state index in [4.69, 9.17) is 0 Å². The first kappa shape index (κ1) is 4.85. The zero-order valence-electron chi connectivity index (χ0n) is 3.55. The summed E-state index contributed by atoms with van der Waals surface area (Å²) < 4.78 is 0. The maximum atomic E-state index is 4.27. The van der Waals surface area contributed by atoms with Crippen molar-refractivity contribution in [1.82, 2.24) is 0 Å². The topological polar surface area (TPSA) is 0 Å². The van der Waals surface area contributed by atoms with Crippen LogP contribution in [0.4, 0.5) is 0 Å². The molecule has 6 heavy (non-hydrogen) atoms. The van der Waals surface area contributed by atoms with Crippen LogP contribution in [0.1, 0.15) is 6.42 Å². The fourth-order valence-electron chi connectivity index (χ4n) is 0.522. The zero-order chi connectivity index (χ0) is 4.41. The van der Waals surface area contributed by atoms with Gasteiger partial charge in [0.05, 0.1) is 0 Å². The maximum absolute atomic E-state index is 4.27. The minimum absolute atomic E-state index is 0.704. The Hall–Kier alpha value is 0.700. The minimum atomic E-state index is 0.704. The predicted molar refractivity (Wildman–Crippen MR) is 34.7 cm³/mol. The second-order valence-corrected chi connectivity index (χ2v) is 3.40. The number of rotatable bonds is 0. The second kappa shape index (κ2) is 2.12. The number of hydrogen-bond donors (Lipinski definition) is 1. The van der Waals surface area contributed by atoms with Gasteiger partial charge in [-0.05, 0) is 12.2 Å². The van der Waals surface area contributed by atoms with Crippen LogP contribution in [0.25, 0.3) is 0 Å². The summed E-state index contributed by atoms with van der Waals surface area (Å²) in [7, 11) is 0. The van der Waals surface area contributed by atoms with E-state index in [-0.39, 0.29) is 0 Å². The van der Waals surface area contributed by atoms with Crippen LogP contribution >= 0.6 is 24.4 Å². The summed E-state index contributed by atoms with van der Waals surface area (Å²) in [5.74, 6) is 2.59. The monoisotopic (exact) mass is 120 g/mol. The first-order chi connectivity index (χ1) is 2.89. The molecule has 1 rings (SSSR count). The van der Waals surface area contributed by atoms with Gasteiger partial charge in [-0.15, -0.1) is 0 Å². The average molecular weight is 120 g/mol. The molecule has 1 atom stereocenters. The van der Waals surface area contributed by atoms with E-state index in [0.717, 1.165) is 0 Å². The summed E-state index contributed by atoms with van der Waals surface area (Å²) in [4.78, 5) is 0. The molecule has 0 spiro atoms. The van der Waals surface area contributed by atoms with Crippen LogP contribution in [0.5, 0.6) is 0 Å². The average Bonchev–Trinajstić information content (AvgIpc) is 1.86. The molecular weight excluding hydrogens is 112 g/mol. The lowest BCUT2D eigenvalue weighted by Gasteiger charge is -1.89. The van der Waals surface area contributed by atoms with E-state index in [9.17, 15) is 0 Å². The van der Waals surface area contributed by atoms with Crippen LogP contribution in [0.3, 0.4) is 0 Å². The minimum Gasteiger partial charge on any atom is -0.175 e. The molecule has 0 aromatic heterocycles. The van der Waals surface area contributed by atoms with Crippen LogP contribution in [0.15, 0.2) is 0 Å². The van der Waals surface area contributed by atoms with E-state index >= 15 is 0 Å². The summed E-state index contributed by atoms with van der Waals surface area (Å²) in [6.45, 7) is 0. The molecule has 0 bridgehead atoms. The Kier molecular flexibility index (Phi) is 1.72. The van der Waals surface area contributed by atoms with E-state index in [0.29, 0.717) is 5.25 Å². The molecule has 1 aliphatic heterocycles. The normalized spacial score (nSPS) is 34.5. The molecule has 1 unspecified atom stereocenters. The van der Waals surface area contributed by atoms with Crippen LogP contribution < -0.4 is 0 Å². The molecule has 1 heterocycles. The molecule has 0 saturated carbocycles. The molecule has 0 aromatic carbocycles. The molecule has 1 aliphatic rings.